The van der Waals surface area contributed by atoms with E-state index in [1.165, 1.54) is 6.92 Å². The maximum atomic E-state index is 13.6. The van der Waals surface area contributed by atoms with E-state index in [9.17, 15) is 19.5 Å². The van der Waals surface area contributed by atoms with Gasteiger partial charge in [0, 0.05) is 30.3 Å². The zero-order chi connectivity index (χ0) is 20.1. The number of esters is 1. The number of fused-ring (bicyclic) bond motifs is 2. The standard InChI is InChI=1S/C22H30O5/c1-12-14-9-15(19(12)25)16(24)11-18-21(3,4)7-6-8-22(18,5)20(26)17(10-14)27-13(2)23/h9,14,16-18,24H,1,6-8,10-11H2,2-5H3/t14-,16+,17+,18-,22-/m1/s1. The molecular formula is C22H30O5. The first-order valence-electron chi connectivity index (χ1n) is 9.82. The Bertz CT molecular complexity index is 731. The van der Waals surface area contributed by atoms with Gasteiger partial charge in [0.1, 0.15) is 0 Å². The molecule has 0 aromatic carbocycles. The van der Waals surface area contributed by atoms with Gasteiger partial charge in [0.15, 0.2) is 17.7 Å². The number of hydrogen-bond acceptors (Lipinski definition) is 5. The molecule has 0 radical (unpaired) electrons. The van der Waals surface area contributed by atoms with Gasteiger partial charge < -0.3 is 9.84 Å². The number of rotatable bonds is 1. The number of ether oxygens (including phenoxy) is 1. The van der Waals surface area contributed by atoms with Gasteiger partial charge in [-0.05, 0) is 36.2 Å². The Morgan fingerprint density at radius 2 is 1.89 bits per heavy atom. The van der Waals surface area contributed by atoms with Crippen LogP contribution in [-0.4, -0.2) is 34.9 Å². The van der Waals surface area contributed by atoms with E-state index in [2.05, 4.69) is 20.4 Å². The molecule has 27 heavy (non-hydrogen) atoms. The minimum Gasteiger partial charge on any atom is -0.454 e. The van der Waals surface area contributed by atoms with Gasteiger partial charge in [-0.2, -0.15) is 0 Å². The molecule has 3 aliphatic rings. The summed E-state index contributed by atoms with van der Waals surface area (Å²) in [6.07, 6.45) is 3.03. The van der Waals surface area contributed by atoms with E-state index in [1.54, 1.807) is 6.08 Å². The maximum absolute atomic E-state index is 13.6. The Labute approximate surface area is 160 Å². The van der Waals surface area contributed by atoms with Crippen molar-refractivity contribution in [2.75, 3.05) is 0 Å². The summed E-state index contributed by atoms with van der Waals surface area (Å²) >= 11 is 0. The lowest BCUT2D eigenvalue weighted by atomic mass is 9.52. The first kappa shape index (κ1) is 20.0. The first-order chi connectivity index (χ1) is 12.5. The van der Waals surface area contributed by atoms with E-state index in [1.807, 2.05) is 6.92 Å². The van der Waals surface area contributed by atoms with Crippen molar-refractivity contribution in [3.8, 4) is 0 Å². The molecule has 1 saturated carbocycles. The Morgan fingerprint density at radius 1 is 1.22 bits per heavy atom. The van der Waals surface area contributed by atoms with Crippen molar-refractivity contribution in [2.24, 2.45) is 22.7 Å². The second-order valence-corrected chi connectivity index (χ2v) is 9.34. The molecule has 3 aliphatic carbocycles. The van der Waals surface area contributed by atoms with Crippen molar-refractivity contribution >= 4 is 17.5 Å². The fourth-order valence-electron chi connectivity index (χ4n) is 5.57. The molecule has 0 saturated heterocycles. The summed E-state index contributed by atoms with van der Waals surface area (Å²) < 4.78 is 5.45. The number of Topliss-reactive ketones (excluding diaryl/α,β-unsaturated/α-hetero) is 2. The van der Waals surface area contributed by atoms with Crippen LogP contribution >= 0.6 is 0 Å². The van der Waals surface area contributed by atoms with Crippen molar-refractivity contribution in [1.82, 2.24) is 0 Å². The van der Waals surface area contributed by atoms with Crippen LogP contribution in [0.5, 0.6) is 0 Å². The third kappa shape index (κ3) is 3.31. The minimum atomic E-state index is -0.904. The van der Waals surface area contributed by atoms with Crippen LogP contribution < -0.4 is 0 Å². The summed E-state index contributed by atoms with van der Waals surface area (Å²) in [4.78, 5) is 37.9. The van der Waals surface area contributed by atoms with Gasteiger partial charge in [0.25, 0.3) is 0 Å². The molecule has 3 rings (SSSR count). The van der Waals surface area contributed by atoms with Crippen LogP contribution in [0.3, 0.4) is 0 Å². The summed E-state index contributed by atoms with van der Waals surface area (Å²) in [6, 6.07) is 0. The lowest BCUT2D eigenvalue weighted by molar-refractivity contribution is -0.163. The Hall–Kier alpha value is -1.75. The highest BCUT2D eigenvalue weighted by atomic mass is 16.5. The SMILES string of the molecule is C=C1C(=O)C2=C[C@@H]1C[C@H](OC(C)=O)C(=O)[C@]1(C)CCCC(C)(C)[C@H]1C[C@@H]2O. The van der Waals surface area contributed by atoms with E-state index >= 15 is 0 Å². The number of aliphatic hydroxyl groups is 1. The molecule has 5 atom stereocenters. The predicted octanol–water partition coefficient (Wildman–Crippen LogP) is 3.16. The molecule has 0 aromatic heterocycles. The molecule has 0 unspecified atom stereocenters. The third-order valence-electron chi connectivity index (χ3n) is 7.06. The fraction of sp³-hybridized carbons (Fsp3) is 0.682. The van der Waals surface area contributed by atoms with Crippen LogP contribution in [0.1, 0.15) is 59.8 Å². The molecule has 0 amide bonds. The normalized spacial score (nSPS) is 38.9. The van der Waals surface area contributed by atoms with Gasteiger partial charge in [0.05, 0.1) is 6.10 Å². The number of ketones is 2. The van der Waals surface area contributed by atoms with E-state index in [4.69, 9.17) is 4.74 Å². The molecule has 5 nitrogen and oxygen atoms in total. The molecule has 1 fully saturated rings. The summed E-state index contributed by atoms with van der Waals surface area (Å²) in [5.74, 6) is -1.32. The third-order valence-corrected chi connectivity index (χ3v) is 7.06. The molecule has 0 heterocycles. The average molecular weight is 374 g/mol. The first-order valence-corrected chi connectivity index (χ1v) is 9.82. The quantitative estimate of drug-likeness (QED) is 0.563. The highest BCUT2D eigenvalue weighted by Crippen LogP contribution is 2.55. The number of carbonyl (C=O) groups excluding carboxylic acids is 3. The Morgan fingerprint density at radius 3 is 2.52 bits per heavy atom. The molecular weight excluding hydrogens is 344 g/mol. The van der Waals surface area contributed by atoms with E-state index < -0.39 is 23.6 Å². The monoisotopic (exact) mass is 374 g/mol. The van der Waals surface area contributed by atoms with Crippen LogP contribution in [0.15, 0.2) is 23.8 Å². The lowest BCUT2D eigenvalue weighted by Gasteiger charge is -2.51. The van der Waals surface area contributed by atoms with Gasteiger partial charge in [-0.3, -0.25) is 14.4 Å². The second-order valence-electron chi connectivity index (χ2n) is 9.34. The fourth-order valence-corrected chi connectivity index (χ4v) is 5.57. The van der Waals surface area contributed by atoms with Crippen molar-refractivity contribution in [3.05, 3.63) is 23.8 Å². The van der Waals surface area contributed by atoms with Crippen LogP contribution in [0.2, 0.25) is 0 Å². The highest BCUT2D eigenvalue weighted by molar-refractivity contribution is 6.11. The van der Waals surface area contributed by atoms with Crippen molar-refractivity contribution in [3.63, 3.8) is 0 Å². The van der Waals surface area contributed by atoms with Crippen molar-refractivity contribution in [1.29, 1.82) is 0 Å². The van der Waals surface area contributed by atoms with Gasteiger partial charge >= 0.3 is 5.97 Å². The van der Waals surface area contributed by atoms with Gasteiger partial charge in [-0.1, -0.05) is 39.8 Å². The van der Waals surface area contributed by atoms with Gasteiger partial charge in [-0.25, -0.2) is 0 Å². The van der Waals surface area contributed by atoms with Crippen molar-refractivity contribution < 1.29 is 24.2 Å². The van der Waals surface area contributed by atoms with Crippen molar-refractivity contribution in [2.45, 2.75) is 72.0 Å². The lowest BCUT2D eigenvalue weighted by Crippen LogP contribution is -2.52. The minimum absolute atomic E-state index is 0.0910. The zero-order valence-corrected chi connectivity index (χ0v) is 16.7. The summed E-state index contributed by atoms with van der Waals surface area (Å²) in [6.45, 7) is 11.4. The maximum Gasteiger partial charge on any atom is 0.303 e. The Balaban J connectivity index is 2.11. The van der Waals surface area contributed by atoms with Crippen LogP contribution in [-0.2, 0) is 19.1 Å². The van der Waals surface area contributed by atoms with Crippen LogP contribution in [0.25, 0.3) is 0 Å². The second kappa shape index (κ2) is 6.69. The van der Waals surface area contributed by atoms with Gasteiger partial charge in [-0.15, -0.1) is 0 Å². The highest BCUT2D eigenvalue weighted by Gasteiger charge is 2.54. The smallest absolute Gasteiger partial charge is 0.303 e. The predicted molar refractivity (Wildman–Crippen MR) is 101 cm³/mol. The number of aliphatic hydroxyl groups excluding tert-OH is 1. The average Bonchev–Trinajstić information content (AvgIpc) is 2.84. The molecule has 0 aliphatic heterocycles. The summed E-state index contributed by atoms with van der Waals surface area (Å²) in [5, 5.41) is 10.9. The van der Waals surface area contributed by atoms with E-state index in [0.29, 0.717) is 24.0 Å². The molecule has 5 heteroatoms. The topological polar surface area (TPSA) is 80.7 Å². The number of hydrogen-bond donors (Lipinski definition) is 1. The molecule has 148 valence electrons. The molecule has 2 bridgehead atoms. The largest absolute Gasteiger partial charge is 0.454 e. The summed E-state index contributed by atoms with van der Waals surface area (Å²) in [5.41, 5.74) is -0.125. The number of allylic oxidation sites excluding steroid dienone is 2. The van der Waals surface area contributed by atoms with Gasteiger partial charge in [0.2, 0.25) is 0 Å². The zero-order valence-electron chi connectivity index (χ0n) is 16.7. The summed E-state index contributed by atoms with van der Waals surface area (Å²) in [7, 11) is 0. The number of carbonyl (C=O) groups is 3. The van der Waals surface area contributed by atoms with E-state index in [0.717, 1.165) is 12.8 Å². The molecule has 0 aromatic rings. The molecule has 1 N–H and O–H groups in total. The van der Waals surface area contributed by atoms with E-state index in [-0.39, 0.29) is 35.2 Å². The Kier molecular flexibility index (Phi) is 4.96. The van der Waals surface area contributed by atoms with Crippen LogP contribution in [0, 0.1) is 22.7 Å². The van der Waals surface area contributed by atoms with Crippen LogP contribution in [0.4, 0.5) is 0 Å². The molecule has 0 spiro atoms.